The van der Waals surface area contributed by atoms with E-state index in [-0.39, 0.29) is 0 Å². The lowest BCUT2D eigenvalue weighted by Crippen LogP contribution is -2.22. The second kappa shape index (κ2) is 5.90. The third-order valence-corrected chi connectivity index (χ3v) is 3.34. The zero-order chi connectivity index (χ0) is 14.7. The largest absolute Gasteiger partial charge is 0.383 e. The van der Waals surface area contributed by atoms with Gasteiger partial charge in [-0.05, 0) is 13.3 Å². The first-order valence-electron chi connectivity index (χ1n) is 6.83. The van der Waals surface area contributed by atoms with Gasteiger partial charge in [-0.1, -0.05) is 6.92 Å². The Morgan fingerprint density at radius 1 is 1.35 bits per heavy atom. The highest BCUT2D eigenvalue weighted by Gasteiger charge is 2.14. The highest BCUT2D eigenvalue weighted by atomic mass is 15.2. The van der Waals surface area contributed by atoms with Crippen LogP contribution in [-0.4, -0.2) is 26.6 Å². The van der Waals surface area contributed by atoms with Gasteiger partial charge in [0.2, 0.25) is 0 Å². The molecule has 0 aliphatic heterocycles. The number of hydrogen-bond acceptors (Lipinski definition) is 5. The fraction of sp³-hybridized carbons (Fsp3) is 0.500. The highest BCUT2D eigenvalue weighted by Crippen LogP contribution is 2.22. The van der Waals surface area contributed by atoms with E-state index in [4.69, 9.17) is 5.73 Å². The summed E-state index contributed by atoms with van der Waals surface area (Å²) in [5, 5.41) is 0. The zero-order valence-electron chi connectivity index (χ0n) is 12.6. The Morgan fingerprint density at radius 3 is 2.70 bits per heavy atom. The summed E-state index contributed by atoms with van der Waals surface area (Å²) < 4.78 is 2.00. The van der Waals surface area contributed by atoms with Crippen molar-refractivity contribution in [3.63, 3.8) is 0 Å². The molecular formula is C14H22N6. The normalized spacial score (nSPS) is 10.8. The van der Waals surface area contributed by atoms with Gasteiger partial charge in [-0.25, -0.2) is 15.0 Å². The summed E-state index contributed by atoms with van der Waals surface area (Å²) in [4.78, 5) is 15.4. The lowest BCUT2D eigenvalue weighted by atomic mass is 10.2. The average molecular weight is 274 g/mol. The molecule has 0 saturated heterocycles. The van der Waals surface area contributed by atoms with E-state index < -0.39 is 0 Å². The average Bonchev–Trinajstić information content (AvgIpc) is 2.79. The van der Waals surface area contributed by atoms with Crippen molar-refractivity contribution in [1.82, 2.24) is 19.5 Å². The van der Waals surface area contributed by atoms with Crippen LogP contribution in [0.25, 0.3) is 0 Å². The molecule has 0 aromatic carbocycles. The minimum Gasteiger partial charge on any atom is -0.383 e. The summed E-state index contributed by atoms with van der Waals surface area (Å²) >= 11 is 0. The lowest BCUT2D eigenvalue weighted by Gasteiger charge is -2.21. The molecule has 0 fully saturated rings. The SMILES string of the molecule is CCCc1nc(N)c(C)c(N(C)Cc2nccn2C)n1. The van der Waals surface area contributed by atoms with Gasteiger partial charge in [0.15, 0.2) is 0 Å². The Hall–Kier alpha value is -2.11. The van der Waals surface area contributed by atoms with E-state index in [1.165, 1.54) is 0 Å². The van der Waals surface area contributed by atoms with E-state index in [0.717, 1.165) is 35.9 Å². The van der Waals surface area contributed by atoms with E-state index >= 15 is 0 Å². The van der Waals surface area contributed by atoms with Crippen LogP contribution in [-0.2, 0) is 20.0 Å². The fourth-order valence-corrected chi connectivity index (χ4v) is 2.11. The first-order valence-corrected chi connectivity index (χ1v) is 6.83. The molecule has 20 heavy (non-hydrogen) atoms. The van der Waals surface area contributed by atoms with Crippen LogP contribution in [0, 0.1) is 6.92 Å². The summed E-state index contributed by atoms with van der Waals surface area (Å²) in [6.07, 6.45) is 5.58. The van der Waals surface area contributed by atoms with Crippen molar-refractivity contribution in [2.75, 3.05) is 17.7 Å². The molecule has 0 atom stereocenters. The van der Waals surface area contributed by atoms with E-state index in [9.17, 15) is 0 Å². The van der Waals surface area contributed by atoms with Crippen LogP contribution >= 0.6 is 0 Å². The molecule has 0 saturated carbocycles. The maximum Gasteiger partial charge on any atom is 0.137 e. The number of imidazole rings is 1. The molecule has 2 N–H and O–H groups in total. The van der Waals surface area contributed by atoms with Gasteiger partial charge in [0.05, 0.1) is 6.54 Å². The van der Waals surface area contributed by atoms with Crippen LogP contribution in [0.15, 0.2) is 12.4 Å². The summed E-state index contributed by atoms with van der Waals surface area (Å²) in [6.45, 7) is 4.75. The number of hydrogen-bond donors (Lipinski definition) is 1. The Bertz CT molecular complexity index is 589. The third-order valence-electron chi connectivity index (χ3n) is 3.34. The van der Waals surface area contributed by atoms with Gasteiger partial charge in [-0.15, -0.1) is 0 Å². The summed E-state index contributed by atoms with van der Waals surface area (Å²) in [5.74, 6) is 3.23. The van der Waals surface area contributed by atoms with E-state index in [2.05, 4.69) is 26.8 Å². The standard InChI is InChI=1S/C14H22N6/c1-5-6-11-17-13(15)10(2)14(18-11)20(4)9-12-16-7-8-19(12)3/h7-8H,5-6,9H2,1-4H3,(H2,15,17,18). The molecule has 0 aliphatic rings. The minimum absolute atomic E-state index is 0.560. The van der Waals surface area contributed by atoms with Crippen molar-refractivity contribution in [2.24, 2.45) is 7.05 Å². The Balaban J connectivity index is 2.28. The second-order valence-corrected chi connectivity index (χ2v) is 5.03. The second-order valence-electron chi connectivity index (χ2n) is 5.03. The Kier molecular flexibility index (Phi) is 4.22. The molecule has 0 radical (unpaired) electrons. The summed E-state index contributed by atoms with van der Waals surface area (Å²) in [6, 6.07) is 0. The van der Waals surface area contributed by atoms with Crippen molar-refractivity contribution in [2.45, 2.75) is 33.2 Å². The van der Waals surface area contributed by atoms with Crippen molar-refractivity contribution in [3.8, 4) is 0 Å². The van der Waals surface area contributed by atoms with E-state index in [1.807, 2.05) is 31.8 Å². The molecule has 2 aromatic rings. The predicted molar refractivity (Wildman–Crippen MR) is 80.5 cm³/mol. The fourth-order valence-electron chi connectivity index (χ4n) is 2.11. The smallest absolute Gasteiger partial charge is 0.137 e. The van der Waals surface area contributed by atoms with Gasteiger partial charge in [0.1, 0.15) is 23.3 Å². The van der Waals surface area contributed by atoms with Crippen LogP contribution in [0.3, 0.4) is 0 Å². The lowest BCUT2D eigenvalue weighted by molar-refractivity contribution is 0.744. The quantitative estimate of drug-likeness (QED) is 0.898. The molecule has 0 amide bonds. The van der Waals surface area contributed by atoms with Gasteiger partial charge < -0.3 is 15.2 Å². The third kappa shape index (κ3) is 2.89. The predicted octanol–water partition coefficient (Wildman–Crippen LogP) is 1.69. The monoisotopic (exact) mass is 274 g/mol. The summed E-state index contributed by atoms with van der Waals surface area (Å²) in [5.41, 5.74) is 6.91. The van der Waals surface area contributed by atoms with Crippen LogP contribution in [0.1, 0.15) is 30.6 Å². The van der Waals surface area contributed by atoms with Crippen LogP contribution in [0.2, 0.25) is 0 Å². The first-order chi connectivity index (χ1) is 9.52. The number of rotatable bonds is 5. The van der Waals surface area contributed by atoms with Crippen molar-refractivity contribution < 1.29 is 0 Å². The molecular weight excluding hydrogens is 252 g/mol. The molecule has 0 spiro atoms. The van der Waals surface area contributed by atoms with Gasteiger partial charge in [0, 0.05) is 38.5 Å². The molecule has 2 heterocycles. The van der Waals surface area contributed by atoms with Crippen molar-refractivity contribution in [3.05, 3.63) is 29.6 Å². The van der Waals surface area contributed by atoms with Gasteiger partial charge in [0.25, 0.3) is 0 Å². The minimum atomic E-state index is 0.560. The first kappa shape index (κ1) is 14.3. The van der Waals surface area contributed by atoms with Gasteiger partial charge in [-0.2, -0.15) is 0 Å². The van der Waals surface area contributed by atoms with Crippen LogP contribution in [0.5, 0.6) is 0 Å². The maximum absolute atomic E-state index is 5.99. The molecule has 2 aromatic heterocycles. The van der Waals surface area contributed by atoms with Gasteiger partial charge >= 0.3 is 0 Å². The number of aromatic nitrogens is 4. The number of nitrogens with zero attached hydrogens (tertiary/aromatic N) is 5. The number of aryl methyl sites for hydroxylation is 2. The molecule has 108 valence electrons. The molecule has 0 aliphatic carbocycles. The molecule has 2 rings (SSSR count). The summed E-state index contributed by atoms with van der Waals surface area (Å²) in [7, 11) is 3.99. The number of nitrogens with two attached hydrogens (primary N) is 1. The zero-order valence-corrected chi connectivity index (χ0v) is 12.6. The number of nitrogen functional groups attached to an aromatic ring is 1. The molecule has 0 unspecified atom stereocenters. The molecule has 6 heteroatoms. The van der Waals surface area contributed by atoms with E-state index in [1.54, 1.807) is 6.20 Å². The van der Waals surface area contributed by atoms with E-state index in [0.29, 0.717) is 12.4 Å². The maximum atomic E-state index is 5.99. The highest BCUT2D eigenvalue weighted by molar-refractivity contribution is 5.56. The number of anilines is 2. The Labute approximate surface area is 119 Å². The van der Waals surface area contributed by atoms with Crippen LogP contribution in [0.4, 0.5) is 11.6 Å². The Morgan fingerprint density at radius 2 is 2.10 bits per heavy atom. The van der Waals surface area contributed by atoms with Crippen molar-refractivity contribution in [1.29, 1.82) is 0 Å². The molecule has 0 bridgehead atoms. The topological polar surface area (TPSA) is 72.9 Å². The van der Waals surface area contributed by atoms with Crippen molar-refractivity contribution >= 4 is 11.6 Å². The van der Waals surface area contributed by atoms with Gasteiger partial charge in [-0.3, -0.25) is 0 Å². The van der Waals surface area contributed by atoms with Crippen LogP contribution < -0.4 is 10.6 Å². The molecule has 6 nitrogen and oxygen atoms in total.